The molecule has 0 aliphatic rings. The van der Waals surface area contributed by atoms with Gasteiger partial charge in [0.25, 0.3) is 0 Å². The first kappa shape index (κ1) is 14.8. The lowest BCUT2D eigenvalue weighted by molar-refractivity contribution is -0.114. The molecule has 0 fully saturated rings. The summed E-state index contributed by atoms with van der Waals surface area (Å²) >= 11 is 1.81. The lowest BCUT2D eigenvalue weighted by Gasteiger charge is -2.07. The quantitative estimate of drug-likeness (QED) is 0.853. The predicted molar refractivity (Wildman–Crippen MR) is 85.0 cm³/mol. The van der Waals surface area contributed by atoms with Crippen molar-refractivity contribution in [1.82, 2.24) is 5.32 Å². The Kier molecular flexibility index (Phi) is 5.32. The van der Waals surface area contributed by atoms with Crippen molar-refractivity contribution < 1.29 is 4.79 Å². The number of hydrogen-bond acceptors (Lipinski definition) is 3. The van der Waals surface area contributed by atoms with Crippen molar-refractivity contribution in [3.63, 3.8) is 0 Å². The van der Waals surface area contributed by atoms with Crippen LogP contribution < -0.4 is 10.6 Å². The average molecular weight is 288 g/mol. The van der Waals surface area contributed by atoms with E-state index in [1.807, 2.05) is 35.6 Å². The van der Waals surface area contributed by atoms with Gasteiger partial charge >= 0.3 is 0 Å². The number of carbonyl (C=O) groups is 1. The summed E-state index contributed by atoms with van der Waals surface area (Å²) in [7, 11) is 0. The van der Waals surface area contributed by atoms with Gasteiger partial charge < -0.3 is 10.6 Å². The molecule has 0 atom stereocenters. The van der Waals surface area contributed by atoms with Gasteiger partial charge in [-0.15, -0.1) is 11.3 Å². The summed E-state index contributed by atoms with van der Waals surface area (Å²) in [6.07, 6.45) is 1.09. The maximum atomic E-state index is 10.9. The standard InChI is InChI=1S/C16H20N2OS/c1-3-14-8-9-20-16(14)11-17-10-13-4-6-15(7-5-13)18-12(2)19/h4-9,17H,3,10-11H2,1-2H3,(H,18,19). The highest BCUT2D eigenvalue weighted by Gasteiger charge is 2.02. The van der Waals surface area contributed by atoms with Gasteiger partial charge in [0.2, 0.25) is 5.91 Å². The van der Waals surface area contributed by atoms with E-state index in [2.05, 4.69) is 29.0 Å². The smallest absolute Gasteiger partial charge is 0.221 e. The number of rotatable bonds is 6. The number of anilines is 1. The fourth-order valence-corrected chi connectivity index (χ4v) is 3.01. The average Bonchev–Trinajstić information content (AvgIpc) is 2.87. The largest absolute Gasteiger partial charge is 0.326 e. The Bertz CT molecular complexity index is 560. The molecule has 106 valence electrons. The van der Waals surface area contributed by atoms with Crippen LogP contribution in [0.2, 0.25) is 0 Å². The van der Waals surface area contributed by atoms with Gasteiger partial charge in [0.05, 0.1) is 0 Å². The van der Waals surface area contributed by atoms with E-state index >= 15 is 0 Å². The highest BCUT2D eigenvalue weighted by molar-refractivity contribution is 7.10. The predicted octanol–water partition coefficient (Wildman–Crippen LogP) is 3.56. The molecule has 4 heteroatoms. The molecule has 1 aromatic heterocycles. The third-order valence-corrected chi connectivity index (χ3v) is 4.07. The Labute approximate surface area is 124 Å². The minimum Gasteiger partial charge on any atom is -0.326 e. The second-order valence-electron chi connectivity index (χ2n) is 4.70. The normalized spacial score (nSPS) is 10.5. The topological polar surface area (TPSA) is 41.1 Å². The Morgan fingerprint density at radius 3 is 2.55 bits per heavy atom. The van der Waals surface area contributed by atoms with Crippen LogP contribution in [-0.2, 0) is 24.3 Å². The zero-order chi connectivity index (χ0) is 14.4. The summed E-state index contributed by atoms with van der Waals surface area (Å²) in [5.41, 5.74) is 3.49. The second kappa shape index (κ2) is 7.22. The van der Waals surface area contributed by atoms with E-state index < -0.39 is 0 Å². The van der Waals surface area contributed by atoms with Crippen molar-refractivity contribution in [1.29, 1.82) is 0 Å². The molecule has 0 spiro atoms. The van der Waals surface area contributed by atoms with Gasteiger partial charge in [-0.3, -0.25) is 4.79 Å². The summed E-state index contributed by atoms with van der Waals surface area (Å²) in [6.45, 7) is 5.45. The van der Waals surface area contributed by atoms with Crippen LogP contribution in [0.1, 0.15) is 29.9 Å². The molecule has 0 saturated heterocycles. The van der Waals surface area contributed by atoms with E-state index in [0.29, 0.717) is 0 Å². The third kappa shape index (κ3) is 4.18. The van der Waals surface area contributed by atoms with Crippen molar-refractivity contribution in [2.45, 2.75) is 33.4 Å². The van der Waals surface area contributed by atoms with Crippen molar-refractivity contribution in [2.24, 2.45) is 0 Å². The number of nitrogens with one attached hydrogen (secondary N) is 2. The summed E-state index contributed by atoms with van der Waals surface area (Å²) in [5.74, 6) is -0.0411. The fraction of sp³-hybridized carbons (Fsp3) is 0.312. The van der Waals surface area contributed by atoms with Crippen LogP contribution in [0.25, 0.3) is 0 Å². The third-order valence-electron chi connectivity index (χ3n) is 3.11. The molecule has 0 saturated carbocycles. The molecule has 1 heterocycles. The lowest BCUT2D eigenvalue weighted by Crippen LogP contribution is -2.13. The van der Waals surface area contributed by atoms with Crippen molar-refractivity contribution >= 4 is 22.9 Å². The number of aryl methyl sites for hydroxylation is 1. The molecule has 0 aliphatic carbocycles. The molecular weight excluding hydrogens is 268 g/mol. The molecule has 1 aromatic carbocycles. The zero-order valence-electron chi connectivity index (χ0n) is 11.9. The van der Waals surface area contributed by atoms with E-state index in [1.165, 1.54) is 22.9 Å². The Balaban J connectivity index is 1.83. The molecular formula is C16H20N2OS. The number of carbonyl (C=O) groups excluding carboxylic acids is 1. The minimum atomic E-state index is -0.0411. The van der Waals surface area contributed by atoms with Crippen LogP contribution >= 0.6 is 11.3 Å². The van der Waals surface area contributed by atoms with E-state index in [0.717, 1.165) is 25.2 Å². The molecule has 0 unspecified atom stereocenters. The van der Waals surface area contributed by atoms with Gasteiger partial charge in [-0.05, 0) is 41.1 Å². The van der Waals surface area contributed by atoms with Crippen LogP contribution in [0.3, 0.4) is 0 Å². The van der Waals surface area contributed by atoms with Crippen LogP contribution in [0.5, 0.6) is 0 Å². The molecule has 2 N–H and O–H groups in total. The first-order valence-electron chi connectivity index (χ1n) is 6.81. The first-order valence-corrected chi connectivity index (χ1v) is 7.69. The fourth-order valence-electron chi connectivity index (χ4n) is 2.07. The van der Waals surface area contributed by atoms with E-state index in [4.69, 9.17) is 0 Å². The minimum absolute atomic E-state index is 0.0411. The molecule has 1 amide bonds. The maximum Gasteiger partial charge on any atom is 0.221 e. The first-order chi connectivity index (χ1) is 9.69. The molecule has 2 aromatic rings. The molecule has 0 bridgehead atoms. The number of thiophene rings is 1. The number of amides is 1. The number of hydrogen-bond donors (Lipinski definition) is 2. The van der Waals surface area contributed by atoms with Gasteiger partial charge in [0, 0.05) is 30.6 Å². The second-order valence-corrected chi connectivity index (χ2v) is 5.70. The van der Waals surface area contributed by atoms with E-state index in [9.17, 15) is 4.79 Å². The van der Waals surface area contributed by atoms with Crippen LogP contribution in [0.15, 0.2) is 35.7 Å². The Morgan fingerprint density at radius 2 is 1.90 bits per heavy atom. The van der Waals surface area contributed by atoms with Crippen molar-refractivity contribution in [3.05, 3.63) is 51.7 Å². The summed E-state index contributed by atoms with van der Waals surface area (Å²) in [4.78, 5) is 12.4. The zero-order valence-corrected chi connectivity index (χ0v) is 12.7. The molecule has 20 heavy (non-hydrogen) atoms. The molecule has 0 aliphatic heterocycles. The Morgan fingerprint density at radius 1 is 1.15 bits per heavy atom. The molecule has 2 rings (SSSR count). The van der Waals surface area contributed by atoms with Gasteiger partial charge in [-0.2, -0.15) is 0 Å². The van der Waals surface area contributed by atoms with E-state index in [1.54, 1.807) is 0 Å². The lowest BCUT2D eigenvalue weighted by atomic mass is 10.2. The Hall–Kier alpha value is -1.65. The molecule has 3 nitrogen and oxygen atoms in total. The highest BCUT2D eigenvalue weighted by atomic mass is 32.1. The van der Waals surface area contributed by atoms with Gasteiger partial charge in [0.15, 0.2) is 0 Å². The number of benzene rings is 1. The van der Waals surface area contributed by atoms with Gasteiger partial charge in [0.1, 0.15) is 0 Å². The van der Waals surface area contributed by atoms with Crippen LogP contribution in [0, 0.1) is 0 Å². The van der Waals surface area contributed by atoms with Gasteiger partial charge in [-0.25, -0.2) is 0 Å². The maximum absolute atomic E-state index is 10.9. The summed E-state index contributed by atoms with van der Waals surface area (Å²) in [5, 5.41) is 8.38. The van der Waals surface area contributed by atoms with Gasteiger partial charge in [-0.1, -0.05) is 19.1 Å². The molecule has 0 radical (unpaired) electrons. The van der Waals surface area contributed by atoms with Crippen LogP contribution in [-0.4, -0.2) is 5.91 Å². The van der Waals surface area contributed by atoms with E-state index in [-0.39, 0.29) is 5.91 Å². The van der Waals surface area contributed by atoms with Crippen molar-refractivity contribution in [2.75, 3.05) is 5.32 Å². The summed E-state index contributed by atoms with van der Waals surface area (Å²) in [6, 6.07) is 10.1. The monoisotopic (exact) mass is 288 g/mol. The SMILES string of the molecule is CCc1ccsc1CNCc1ccc(NC(C)=O)cc1. The van der Waals surface area contributed by atoms with Crippen molar-refractivity contribution in [3.8, 4) is 0 Å². The highest BCUT2D eigenvalue weighted by Crippen LogP contribution is 2.17. The summed E-state index contributed by atoms with van der Waals surface area (Å²) < 4.78 is 0. The van der Waals surface area contributed by atoms with Crippen LogP contribution in [0.4, 0.5) is 5.69 Å².